The van der Waals surface area contributed by atoms with Crippen LogP contribution in [0, 0.1) is 46.3 Å². The summed E-state index contributed by atoms with van der Waals surface area (Å²) in [4.78, 5) is 0. The van der Waals surface area contributed by atoms with E-state index in [1.54, 1.807) is 0 Å². The number of fused-ring (bicyclic) bond motifs is 7. The Hall–Kier alpha value is -0.820. The summed E-state index contributed by atoms with van der Waals surface area (Å²) < 4.78 is 37.0. The second-order valence-corrected chi connectivity index (χ2v) is 18.4. The average molecular weight is 755 g/mol. The van der Waals surface area contributed by atoms with Gasteiger partial charge in [-0.15, -0.1) is 0 Å². The van der Waals surface area contributed by atoms with Crippen LogP contribution in [0.25, 0.3) is 0 Å². The number of aliphatic hydroxyl groups is 8. The van der Waals surface area contributed by atoms with Gasteiger partial charge in [0.15, 0.2) is 18.4 Å². The predicted molar refractivity (Wildman–Crippen MR) is 184 cm³/mol. The lowest BCUT2D eigenvalue weighted by Gasteiger charge is -2.62. The van der Waals surface area contributed by atoms with Gasteiger partial charge in [-0.25, -0.2) is 0 Å². The van der Waals surface area contributed by atoms with Gasteiger partial charge in [0.25, 0.3) is 0 Å². The highest BCUT2D eigenvalue weighted by molar-refractivity contribution is 5.17. The van der Waals surface area contributed by atoms with Gasteiger partial charge < -0.3 is 69.3 Å². The Morgan fingerprint density at radius 2 is 1.47 bits per heavy atom. The van der Waals surface area contributed by atoms with Crippen LogP contribution in [-0.4, -0.2) is 146 Å². The Kier molecular flexibility index (Phi) is 10.5. The van der Waals surface area contributed by atoms with Crippen molar-refractivity contribution in [2.75, 3.05) is 19.8 Å². The van der Waals surface area contributed by atoms with Crippen molar-refractivity contribution < 1.29 is 69.3 Å². The van der Waals surface area contributed by atoms with Crippen LogP contribution in [0.3, 0.4) is 0 Å². The third-order valence-corrected chi connectivity index (χ3v) is 16.0. The minimum atomic E-state index is -1.77. The highest BCUT2D eigenvalue weighted by Crippen LogP contribution is 2.71. The van der Waals surface area contributed by atoms with Gasteiger partial charge in [0.05, 0.1) is 38.1 Å². The molecule has 4 saturated carbocycles. The Morgan fingerprint density at radius 1 is 0.774 bits per heavy atom. The molecule has 22 atom stereocenters. The van der Waals surface area contributed by atoms with E-state index in [4.69, 9.17) is 28.4 Å². The van der Waals surface area contributed by atoms with Crippen molar-refractivity contribution in [1.82, 2.24) is 0 Å². The van der Waals surface area contributed by atoms with Gasteiger partial charge in [0.1, 0.15) is 48.8 Å². The minimum Gasteiger partial charge on any atom is -0.394 e. The molecule has 4 saturated heterocycles. The summed E-state index contributed by atoms with van der Waals surface area (Å²) in [5.74, 6) is 2.03. The van der Waals surface area contributed by atoms with Crippen LogP contribution in [0.1, 0.15) is 78.6 Å². The summed E-state index contributed by atoms with van der Waals surface area (Å²) in [5, 5.41) is 84.5. The summed E-state index contributed by atoms with van der Waals surface area (Å²) in [6, 6.07) is 0. The quantitative estimate of drug-likeness (QED) is 0.136. The van der Waals surface area contributed by atoms with Crippen LogP contribution in [0.2, 0.25) is 0 Å². The third kappa shape index (κ3) is 6.12. The molecule has 4 heterocycles. The molecule has 8 fully saturated rings. The standard InChI is InChI=1S/C39H62O14/c1-17-7-10-39(48-16-17)18(2)28-25(53-39)12-22-20-6-5-19-11-24(23(42)13-38(19,4)21(20)8-9-37(22,28)3)49-36-34(32(46)30(44)27(15-41)51-36)52-35-33(47)31(45)29(43)26(14-40)50-35/h18-36,40-47H,1,5-16H2,2-4H3/t18-,19+,20+,21-,22-,23-,24+,25-,26+,27+,28-,29+,30-,31-,32-,33+,34+,35-,36+,37-,38-,39+/m0/s1. The average Bonchev–Trinajstić information content (AvgIpc) is 3.58. The van der Waals surface area contributed by atoms with Crippen LogP contribution in [0.4, 0.5) is 0 Å². The first-order chi connectivity index (χ1) is 25.2. The van der Waals surface area contributed by atoms with E-state index in [0.29, 0.717) is 49.0 Å². The molecular weight excluding hydrogens is 692 g/mol. The van der Waals surface area contributed by atoms with Gasteiger partial charge in [-0.3, -0.25) is 0 Å². The second kappa shape index (κ2) is 14.2. The molecule has 4 aliphatic heterocycles. The Balaban J connectivity index is 0.964. The van der Waals surface area contributed by atoms with E-state index in [9.17, 15) is 40.9 Å². The summed E-state index contributed by atoms with van der Waals surface area (Å²) in [6.45, 7) is 10.6. The SMILES string of the molecule is C=C1CC[C@@]2(OC1)O[C@H]1C[C@H]3[C@@H]4CC[C@@H]5C[C@@H](O[C@@H]6O[C@H](CO)[C@H](O)[C@H](O)[C@H]6O[C@@H]6O[C@H](CO)[C@@H](O)[C@H](O)[C@H]6O)[C@@H](O)C[C@]5(C)[C@H]4CC[C@]3(C)[C@H]1[C@@H]2C. The molecule has 0 bridgehead atoms. The molecule has 0 unspecified atom stereocenters. The van der Waals surface area contributed by atoms with Crippen LogP contribution in [0.5, 0.6) is 0 Å². The number of hydrogen-bond acceptors (Lipinski definition) is 14. The molecule has 0 aromatic heterocycles. The van der Waals surface area contributed by atoms with E-state index in [1.165, 1.54) is 0 Å². The third-order valence-electron chi connectivity index (χ3n) is 16.0. The topological polar surface area (TPSA) is 217 Å². The Morgan fingerprint density at radius 3 is 2.15 bits per heavy atom. The molecule has 14 nitrogen and oxygen atoms in total. The highest BCUT2D eigenvalue weighted by atomic mass is 16.8. The second-order valence-electron chi connectivity index (χ2n) is 18.4. The van der Waals surface area contributed by atoms with E-state index in [1.807, 2.05) is 0 Å². The zero-order valence-corrected chi connectivity index (χ0v) is 31.2. The van der Waals surface area contributed by atoms with E-state index in [-0.39, 0.29) is 22.9 Å². The number of aliphatic hydroxyl groups excluding tert-OH is 8. The molecule has 8 rings (SSSR count). The van der Waals surface area contributed by atoms with Crippen LogP contribution in [-0.2, 0) is 28.4 Å². The van der Waals surface area contributed by atoms with Crippen molar-refractivity contribution in [3.05, 3.63) is 12.2 Å². The van der Waals surface area contributed by atoms with Gasteiger partial charge in [-0.1, -0.05) is 32.9 Å². The molecule has 0 amide bonds. The molecule has 0 radical (unpaired) electrons. The van der Waals surface area contributed by atoms with E-state index >= 15 is 0 Å². The lowest BCUT2D eigenvalue weighted by Crippen LogP contribution is -2.65. The van der Waals surface area contributed by atoms with Gasteiger partial charge >= 0.3 is 0 Å². The Labute approximate surface area is 311 Å². The van der Waals surface area contributed by atoms with Crippen molar-refractivity contribution >= 4 is 0 Å². The van der Waals surface area contributed by atoms with Crippen LogP contribution < -0.4 is 0 Å². The van der Waals surface area contributed by atoms with Crippen LogP contribution in [0.15, 0.2) is 12.2 Å². The van der Waals surface area contributed by atoms with Gasteiger partial charge in [0.2, 0.25) is 0 Å². The maximum atomic E-state index is 11.8. The van der Waals surface area contributed by atoms with Crippen molar-refractivity contribution in [2.45, 2.75) is 164 Å². The molecule has 302 valence electrons. The maximum Gasteiger partial charge on any atom is 0.187 e. The Bertz CT molecular complexity index is 1340. The maximum absolute atomic E-state index is 11.8. The highest BCUT2D eigenvalue weighted by Gasteiger charge is 2.69. The lowest BCUT2D eigenvalue weighted by molar-refractivity contribution is -0.376. The molecule has 1 spiro atoms. The fourth-order valence-corrected chi connectivity index (χ4v) is 13.1. The summed E-state index contributed by atoms with van der Waals surface area (Å²) >= 11 is 0. The number of ether oxygens (including phenoxy) is 6. The molecule has 53 heavy (non-hydrogen) atoms. The normalized spacial score (nSPS) is 58.2. The van der Waals surface area contributed by atoms with E-state index < -0.39 is 92.6 Å². The summed E-state index contributed by atoms with van der Waals surface area (Å²) in [5.41, 5.74) is 1.18. The van der Waals surface area contributed by atoms with Crippen molar-refractivity contribution in [1.29, 1.82) is 0 Å². The van der Waals surface area contributed by atoms with Crippen molar-refractivity contribution in [3.8, 4) is 0 Å². The lowest BCUT2D eigenvalue weighted by atomic mass is 9.44. The van der Waals surface area contributed by atoms with Gasteiger partial charge in [-0.2, -0.15) is 0 Å². The minimum absolute atomic E-state index is 0.120. The smallest absolute Gasteiger partial charge is 0.187 e. The molecular formula is C39H62O14. The van der Waals surface area contributed by atoms with Crippen molar-refractivity contribution in [3.63, 3.8) is 0 Å². The zero-order chi connectivity index (χ0) is 37.8. The van der Waals surface area contributed by atoms with Gasteiger partial charge in [-0.05, 0) is 91.8 Å². The fourth-order valence-electron chi connectivity index (χ4n) is 13.1. The molecule has 0 aromatic rings. The first-order valence-corrected chi connectivity index (χ1v) is 20.1. The first kappa shape index (κ1) is 39.0. The first-order valence-electron chi connectivity index (χ1n) is 20.1. The molecule has 8 aliphatic rings. The summed E-state index contributed by atoms with van der Waals surface area (Å²) in [6.07, 6.45) is -8.57. The molecule has 0 aromatic carbocycles. The van der Waals surface area contributed by atoms with E-state index in [0.717, 1.165) is 50.5 Å². The fraction of sp³-hybridized carbons (Fsp3) is 0.949. The predicted octanol–water partition coefficient (Wildman–Crippen LogP) is 0.333. The molecule has 8 N–H and O–H groups in total. The molecule has 14 heteroatoms. The summed E-state index contributed by atoms with van der Waals surface area (Å²) in [7, 11) is 0. The van der Waals surface area contributed by atoms with Gasteiger partial charge in [0, 0.05) is 12.3 Å². The monoisotopic (exact) mass is 754 g/mol. The molecule has 4 aliphatic carbocycles. The zero-order valence-electron chi connectivity index (χ0n) is 31.2. The van der Waals surface area contributed by atoms with E-state index in [2.05, 4.69) is 27.4 Å². The number of hydrogen-bond donors (Lipinski definition) is 8. The van der Waals surface area contributed by atoms with Crippen LogP contribution >= 0.6 is 0 Å². The largest absolute Gasteiger partial charge is 0.394 e. The van der Waals surface area contributed by atoms with Crippen molar-refractivity contribution in [2.24, 2.45) is 46.3 Å². The number of rotatable bonds is 6.